The molecular weight excluding hydrogens is 228 g/mol. The van der Waals surface area contributed by atoms with E-state index in [4.69, 9.17) is 4.74 Å². The van der Waals surface area contributed by atoms with E-state index >= 15 is 0 Å². The van der Waals surface area contributed by atoms with E-state index in [9.17, 15) is 9.90 Å². The predicted molar refractivity (Wildman–Crippen MR) is 69.9 cm³/mol. The van der Waals surface area contributed by atoms with E-state index in [0.29, 0.717) is 12.0 Å². The van der Waals surface area contributed by atoms with Crippen LogP contribution in [0.25, 0.3) is 0 Å². The van der Waals surface area contributed by atoms with Gasteiger partial charge in [-0.2, -0.15) is 0 Å². The zero-order valence-electron chi connectivity index (χ0n) is 11.0. The topological polar surface area (TPSA) is 46.5 Å². The molecule has 0 unspecified atom stereocenters. The molecule has 2 aliphatic rings. The second kappa shape index (κ2) is 5.11. The molecule has 2 rings (SSSR count). The summed E-state index contributed by atoms with van der Waals surface area (Å²) in [7, 11) is 0. The van der Waals surface area contributed by atoms with Gasteiger partial charge in [-0.05, 0) is 44.8 Å². The molecule has 0 spiro atoms. The molecule has 98 valence electrons. The smallest absolute Gasteiger partial charge is 0.334 e. The first kappa shape index (κ1) is 13.1. The Labute approximate surface area is 108 Å². The summed E-state index contributed by atoms with van der Waals surface area (Å²) in [5.74, 6) is -0.259. The highest BCUT2D eigenvalue weighted by Crippen LogP contribution is 2.34. The zero-order valence-corrected chi connectivity index (χ0v) is 11.0. The second-order valence-corrected chi connectivity index (χ2v) is 5.25. The van der Waals surface area contributed by atoms with E-state index in [-0.39, 0.29) is 18.0 Å². The maximum Gasteiger partial charge on any atom is 0.334 e. The van der Waals surface area contributed by atoms with E-state index in [1.165, 1.54) is 5.57 Å². The molecule has 0 aromatic heterocycles. The lowest BCUT2D eigenvalue weighted by molar-refractivity contribution is -0.137. The fraction of sp³-hybridized carbons (Fsp3) is 0.533. The van der Waals surface area contributed by atoms with Gasteiger partial charge in [-0.25, -0.2) is 4.79 Å². The number of rotatable bonds is 0. The molecule has 0 saturated carbocycles. The number of hydrogen-bond acceptors (Lipinski definition) is 3. The quantitative estimate of drug-likeness (QED) is 0.407. The van der Waals surface area contributed by atoms with Crippen molar-refractivity contribution < 1.29 is 14.6 Å². The van der Waals surface area contributed by atoms with Crippen molar-refractivity contribution in [2.45, 2.75) is 45.3 Å². The van der Waals surface area contributed by atoms with Gasteiger partial charge in [0.15, 0.2) is 0 Å². The molecule has 3 nitrogen and oxygen atoms in total. The van der Waals surface area contributed by atoms with Crippen LogP contribution in [0, 0.1) is 5.92 Å². The monoisotopic (exact) mass is 248 g/mol. The van der Waals surface area contributed by atoms with Crippen LogP contribution >= 0.6 is 0 Å². The van der Waals surface area contributed by atoms with Gasteiger partial charge in [0.25, 0.3) is 0 Å². The number of aliphatic hydroxyl groups is 1. The highest BCUT2D eigenvalue weighted by Gasteiger charge is 2.37. The molecule has 3 atom stereocenters. The number of carbonyl (C=O) groups is 1. The summed E-state index contributed by atoms with van der Waals surface area (Å²) in [5, 5.41) is 9.99. The van der Waals surface area contributed by atoms with Crippen LogP contribution in [0.5, 0.6) is 0 Å². The third-order valence-corrected chi connectivity index (χ3v) is 3.84. The lowest BCUT2D eigenvalue weighted by Gasteiger charge is -2.19. The van der Waals surface area contributed by atoms with Crippen LogP contribution < -0.4 is 0 Å². The lowest BCUT2D eigenvalue weighted by Crippen LogP contribution is -2.18. The lowest BCUT2D eigenvalue weighted by atomic mass is 9.88. The van der Waals surface area contributed by atoms with Gasteiger partial charge in [-0.15, -0.1) is 0 Å². The predicted octanol–water partition coefficient (Wildman–Crippen LogP) is 2.52. The number of hydrogen-bond donors (Lipinski definition) is 1. The summed E-state index contributed by atoms with van der Waals surface area (Å²) in [5.41, 5.74) is 2.67. The molecule has 1 fully saturated rings. The van der Waals surface area contributed by atoms with E-state index < -0.39 is 6.10 Å². The molecule has 1 aliphatic carbocycles. The fourth-order valence-electron chi connectivity index (χ4n) is 2.47. The Morgan fingerprint density at radius 3 is 2.89 bits per heavy atom. The van der Waals surface area contributed by atoms with Crippen molar-refractivity contribution in [3.63, 3.8) is 0 Å². The molecule has 0 radical (unpaired) electrons. The fourth-order valence-corrected chi connectivity index (χ4v) is 2.47. The van der Waals surface area contributed by atoms with Crippen molar-refractivity contribution in [3.05, 3.63) is 35.5 Å². The van der Waals surface area contributed by atoms with Gasteiger partial charge in [0.2, 0.25) is 0 Å². The average molecular weight is 248 g/mol. The minimum Gasteiger partial charge on any atom is -0.454 e. The normalized spacial score (nSPS) is 39.2. The number of ether oxygens (including phenoxy) is 1. The van der Waals surface area contributed by atoms with Crippen LogP contribution in [0.4, 0.5) is 0 Å². The van der Waals surface area contributed by atoms with Crippen LogP contribution in [0.15, 0.2) is 35.5 Å². The highest BCUT2D eigenvalue weighted by molar-refractivity contribution is 5.91. The second-order valence-electron chi connectivity index (χ2n) is 5.25. The summed E-state index contributed by atoms with van der Waals surface area (Å²) >= 11 is 0. The van der Waals surface area contributed by atoms with Gasteiger partial charge in [0.05, 0.1) is 6.10 Å². The van der Waals surface area contributed by atoms with Gasteiger partial charge in [0.1, 0.15) is 6.10 Å². The van der Waals surface area contributed by atoms with Crippen LogP contribution in [0.2, 0.25) is 0 Å². The van der Waals surface area contributed by atoms with Crippen molar-refractivity contribution in [2.24, 2.45) is 5.92 Å². The molecule has 0 aromatic carbocycles. The van der Waals surface area contributed by atoms with Crippen molar-refractivity contribution in [1.82, 2.24) is 0 Å². The molecule has 1 aliphatic heterocycles. The maximum atomic E-state index is 11.6. The van der Waals surface area contributed by atoms with Crippen molar-refractivity contribution in [2.75, 3.05) is 0 Å². The Morgan fingerprint density at radius 1 is 1.44 bits per heavy atom. The molecular formula is C15H20O3. The summed E-state index contributed by atoms with van der Waals surface area (Å²) in [6.45, 7) is 7.76. The van der Waals surface area contributed by atoms with Crippen molar-refractivity contribution in [1.29, 1.82) is 0 Å². The summed E-state index contributed by atoms with van der Waals surface area (Å²) in [4.78, 5) is 11.6. The number of fused-ring (bicyclic) bond motifs is 1. The Balaban J connectivity index is 2.29. The zero-order chi connectivity index (χ0) is 13.3. The largest absolute Gasteiger partial charge is 0.454 e. The van der Waals surface area contributed by atoms with Crippen molar-refractivity contribution >= 4 is 5.97 Å². The van der Waals surface area contributed by atoms with Crippen LogP contribution in [0.3, 0.4) is 0 Å². The first-order chi connectivity index (χ1) is 8.49. The van der Waals surface area contributed by atoms with Gasteiger partial charge in [-0.1, -0.05) is 18.2 Å². The van der Waals surface area contributed by atoms with Gasteiger partial charge >= 0.3 is 5.97 Å². The molecule has 0 bridgehead atoms. The maximum absolute atomic E-state index is 11.6. The third kappa shape index (κ3) is 2.56. The Bertz CT molecular complexity index is 431. The Morgan fingerprint density at radius 2 is 2.17 bits per heavy atom. The van der Waals surface area contributed by atoms with Crippen LogP contribution in [-0.4, -0.2) is 23.3 Å². The van der Waals surface area contributed by atoms with E-state index in [2.05, 4.69) is 19.6 Å². The number of carbonyl (C=O) groups excluding carboxylic acids is 1. The minimum atomic E-state index is -0.494. The summed E-state index contributed by atoms with van der Waals surface area (Å²) < 4.78 is 5.32. The molecule has 1 heterocycles. The highest BCUT2D eigenvalue weighted by atomic mass is 16.5. The standard InChI is InChI=1S/C15H20O3/c1-9-4-6-12-11(3)15(17)18-14(12)8-10(2)13(16)7-5-9/h5,8,12-14,16H,3-4,6-7H2,1-2H3/b9-5-,10-8-/t12-,13-,14-/m0/s1. The van der Waals surface area contributed by atoms with Crippen LogP contribution in [0.1, 0.15) is 33.1 Å². The average Bonchev–Trinajstić information content (AvgIpc) is 2.59. The van der Waals surface area contributed by atoms with Gasteiger partial charge in [0, 0.05) is 11.5 Å². The number of allylic oxidation sites excluding steroid dienone is 1. The molecule has 1 N–H and O–H groups in total. The molecule has 1 saturated heterocycles. The summed E-state index contributed by atoms with van der Waals surface area (Å²) in [6, 6.07) is 0. The SMILES string of the molecule is C=C1C(=O)O[C@H]2/C=C(/C)[C@@H](O)C/C=C(/C)CC[C@@H]12. The first-order valence-electron chi connectivity index (χ1n) is 6.41. The molecule has 18 heavy (non-hydrogen) atoms. The van der Waals surface area contributed by atoms with Gasteiger partial charge in [-0.3, -0.25) is 0 Å². The molecule has 3 heteroatoms. The third-order valence-electron chi connectivity index (χ3n) is 3.84. The molecule has 0 aromatic rings. The number of aliphatic hydroxyl groups excluding tert-OH is 1. The van der Waals surface area contributed by atoms with Crippen molar-refractivity contribution in [3.8, 4) is 0 Å². The van der Waals surface area contributed by atoms with E-state index in [1.54, 1.807) is 0 Å². The summed E-state index contributed by atoms with van der Waals surface area (Å²) in [6.07, 6.45) is 5.61. The van der Waals surface area contributed by atoms with Crippen LogP contribution in [-0.2, 0) is 9.53 Å². The van der Waals surface area contributed by atoms with Gasteiger partial charge < -0.3 is 9.84 Å². The molecule has 0 amide bonds. The minimum absolute atomic E-state index is 0.0427. The first-order valence-corrected chi connectivity index (χ1v) is 6.41. The van der Waals surface area contributed by atoms with E-state index in [1.807, 2.05) is 13.0 Å². The number of esters is 1. The Hall–Kier alpha value is -1.35. The van der Waals surface area contributed by atoms with E-state index in [0.717, 1.165) is 18.4 Å². The Kier molecular flexibility index (Phi) is 3.71.